The Morgan fingerprint density at radius 2 is 2.16 bits per heavy atom. The van der Waals surface area contributed by atoms with E-state index in [1.54, 1.807) is 6.07 Å². The highest BCUT2D eigenvalue weighted by atomic mass is 19.1. The van der Waals surface area contributed by atoms with Crippen molar-refractivity contribution in [2.45, 2.75) is 52.6 Å². The summed E-state index contributed by atoms with van der Waals surface area (Å²) in [4.78, 5) is 0. The molecule has 0 saturated heterocycles. The third-order valence-corrected chi connectivity index (χ3v) is 4.74. The third-order valence-electron chi connectivity index (χ3n) is 4.74. The van der Waals surface area contributed by atoms with Crippen LogP contribution in [0.3, 0.4) is 0 Å². The molecule has 1 aliphatic rings. The lowest BCUT2D eigenvalue weighted by Crippen LogP contribution is -2.42. The first-order valence-electron chi connectivity index (χ1n) is 7.32. The van der Waals surface area contributed by atoms with E-state index >= 15 is 0 Å². The minimum Gasteiger partial charge on any atom is -0.392 e. The summed E-state index contributed by atoms with van der Waals surface area (Å²) >= 11 is 0. The maximum atomic E-state index is 13.2. The zero-order chi connectivity index (χ0) is 14.0. The van der Waals surface area contributed by atoms with Gasteiger partial charge in [0.1, 0.15) is 5.82 Å². The largest absolute Gasteiger partial charge is 0.392 e. The Morgan fingerprint density at radius 1 is 1.42 bits per heavy atom. The summed E-state index contributed by atoms with van der Waals surface area (Å²) in [6, 6.07) is 6.59. The predicted molar refractivity (Wildman–Crippen MR) is 76.4 cm³/mol. The fourth-order valence-corrected chi connectivity index (χ4v) is 3.93. The van der Waals surface area contributed by atoms with Gasteiger partial charge in [0.2, 0.25) is 0 Å². The van der Waals surface area contributed by atoms with E-state index in [-0.39, 0.29) is 17.3 Å². The van der Waals surface area contributed by atoms with Gasteiger partial charge in [-0.15, -0.1) is 0 Å². The van der Waals surface area contributed by atoms with E-state index in [1.807, 2.05) is 6.07 Å². The molecule has 1 fully saturated rings. The van der Waals surface area contributed by atoms with E-state index in [4.69, 9.17) is 0 Å². The van der Waals surface area contributed by atoms with Gasteiger partial charge in [-0.1, -0.05) is 45.7 Å². The lowest BCUT2D eigenvalue weighted by molar-refractivity contribution is -0.0269. The van der Waals surface area contributed by atoms with Crippen molar-refractivity contribution in [3.8, 4) is 0 Å². The second-order valence-electron chi connectivity index (χ2n) is 6.79. The molecule has 2 rings (SSSR count). The normalized spacial score (nSPS) is 28.1. The van der Waals surface area contributed by atoms with Crippen LogP contribution in [0.2, 0.25) is 0 Å². The topological polar surface area (TPSA) is 20.2 Å². The van der Waals surface area contributed by atoms with Gasteiger partial charge in [0.25, 0.3) is 0 Å². The smallest absolute Gasteiger partial charge is 0.123 e. The number of rotatable bonds is 3. The number of aliphatic hydroxyl groups is 1. The van der Waals surface area contributed by atoms with Crippen molar-refractivity contribution in [1.29, 1.82) is 0 Å². The standard InChI is InChI=1S/C17H25FO/c1-12-6-5-9-17(2,3)16(12)15(19)11-13-7-4-8-14(18)10-13/h4,7-8,10,12,15-16,19H,5-6,9,11H2,1-3H3/t12-,15+,16+/m0/s1. The van der Waals surface area contributed by atoms with E-state index in [0.29, 0.717) is 18.3 Å². The van der Waals surface area contributed by atoms with E-state index in [0.717, 1.165) is 5.56 Å². The minimum absolute atomic E-state index is 0.171. The van der Waals surface area contributed by atoms with Crippen LogP contribution >= 0.6 is 0 Å². The molecule has 1 N–H and O–H groups in total. The molecular formula is C17H25FO. The number of hydrogen-bond acceptors (Lipinski definition) is 1. The van der Waals surface area contributed by atoms with Gasteiger partial charge in [-0.25, -0.2) is 4.39 Å². The van der Waals surface area contributed by atoms with Crippen molar-refractivity contribution in [2.24, 2.45) is 17.3 Å². The monoisotopic (exact) mass is 264 g/mol. The number of benzene rings is 1. The quantitative estimate of drug-likeness (QED) is 0.868. The van der Waals surface area contributed by atoms with Crippen LogP contribution in [0.4, 0.5) is 4.39 Å². The summed E-state index contributed by atoms with van der Waals surface area (Å²) < 4.78 is 13.2. The molecule has 2 heteroatoms. The van der Waals surface area contributed by atoms with E-state index < -0.39 is 0 Å². The van der Waals surface area contributed by atoms with Crippen molar-refractivity contribution >= 4 is 0 Å². The summed E-state index contributed by atoms with van der Waals surface area (Å²) in [5, 5.41) is 10.6. The SMILES string of the molecule is C[C@H]1CCCC(C)(C)[C@H]1[C@H](O)Cc1cccc(F)c1. The predicted octanol–water partition coefficient (Wildman–Crippen LogP) is 4.19. The molecule has 0 radical (unpaired) electrons. The maximum Gasteiger partial charge on any atom is 0.123 e. The van der Waals surface area contributed by atoms with Crippen molar-refractivity contribution in [3.05, 3.63) is 35.6 Å². The molecule has 0 amide bonds. The summed E-state index contributed by atoms with van der Waals surface area (Å²) in [5.41, 5.74) is 1.06. The van der Waals surface area contributed by atoms with E-state index in [1.165, 1.54) is 31.4 Å². The fourth-order valence-electron chi connectivity index (χ4n) is 3.93. The van der Waals surface area contributed by atoms with Gasteiger partial charge in [-0.05, 0) is 47.8 Å². The second-order valence-corrected chi connectivity index (χ2v) is 6.79. The summed E-state index contributed by atoms with van der Waals surface area (Å²) in [6.07, 6.45) is 3.77. The van der Waals surface area contributed by atoms with Crippen molar-refractivity contribution < 1.29 is 9.50 Å². The molecule has 0 unspecified atom stereocenters. The van der Waals surface area contributed by atoms with Crippen molar-refractivity contribution in [2.75, 3.05) is 0 Å². The zero-order valence-corrected chi connectivity index (χ0v) is 12.2. The van der Waals surface area contributed by atoms with Gasteiger partial charge in [-0.3, -0.25) is 0 Å². The van der Waals surface area contributed by atoms with Crippen LogP contribution in [0.5, 0.6) is 0 Å². The Hall–Kier alpha value is -0.890. The van der Waals surface area contributed by atoms with E-state index in [2.05, 4.69) is 20.8 Å². The first-order chi connectivity index (χ1) is 8.90. The molecule has 1 aromatic rings. The highest BCUT2D eigenvalue weighted by Crippen LogP contribution is 2.46. The molecule has 0 spiro atoms. The molecule has 0 heterocycles. The Bertz CT molecular complexity index is 427. The van der Waals surface area contributed by atoms with Gasteiger partial charge < -0.3 is 5.11 Å². The molecule has 1 nitrogen and oxygen atoms in total. The molecule has 0 aromatic heterocycles. The molecule has 1 aromatic carbocycles. The summed E-state index contributed by atoms with van der Waals surface area (Å²) in [5.74, 6) is 0.609. The molecule has 106 valence electrons. The van der Waals surface area contributed by atoms with Gasteiger partial charge in [-0.2, -0.15) is 0 Å². The van der Waals surface area contributed by atoms with Gasteiger partial charge in [0.05, 0.1) is 6.10 Å². The first-order valence-corrected chi connectivity index (χ1v) is 7.32. The molecule has 1 saturated carbocycles. The van der Waals surface area contributed by atoms with Crippen LogP contribution < -0.4 is 0 Å². The van der Waals surface area contributed by atoms with Crippen molar-refractivity contribution in [1.82, 2.24) is 0 Å². The Labute approximate surface area is 115 Å². The molecule has 0 aliphatic heterocycles. The third kappa shape index (κ3) is 3.36. The average Bonchev–Trinajstić information content (AvgIpc) is 2.27. The summed E-state index contributed by atoms with van der Waals surface area (Å²) in [7, 11) is 0. The molecule has 3 atom stereocenters. The van der Waals surface area contributed by atoms with Gasteiger partial charge >= 0.3 is 0 Å². The van der Waals surface area contributed by atoms with Crippen LogP contribution in [0.15, 0.2) is 24.3 Å². The lowest BCUT2D eigenvalue weighted by atomic mass is 9.61. The highest BCUT2D eigenvalue weighted by Gasteiger charge is 2.40. The second kappa shape index (κ2) is 5.62. The first kappa shape index (κ1) is 14.5. The number of hydrogen-bond donors (Lipinski definition) is 1. The van der Waals surface area contributed by atoms with Crippen LogP contribution in [-0.2, 0) is 6.42 Å². The van der Waals surface area contributed by atoms with E-state index in [9.17, 15) is 9.50 Å². The summed E-state index contributed by atoms with van der Waals surface area (Å²) in [6.45, 7) is 6.74. The average molecular weight is 264 g/mol. The van der Waals surface area contributed by atoms with Crippen molar-refractivity contribution in [3.63, 3.8) is 0 Å². The Balaban J connectivity index is 2.11. The molecule has 0 bridgehead atoms. The van der Waals surface area contributed by atoms with Crippen LogP contribution in [-0.4, -0.2) is 11.2 Å². The number of aliphatic hydroxyl groups excluding tert-OH is 1. The zero-order valence-electron chi connectivity index (χ0n) is 12.2. The van der Waals surface area contributed by atoms with Crippen LogP contribution in [0.25, 0.3) is 0 Å². The van der Waals surface area contributed by atoms with Crippen LogP contribution in [0, 0.1) is 23.1 Å². The lowest BCUT2D eigenvalue weighted by Gasteiger charge is -2.45. The molecule has 19 heavy (non-hydrogen) atoms. The van der Waals surface area contributed by atoms with Gasteiger partial charge in [0.15, 0.2) is 0 Å². The minimum atomic E-state index is -0.382. The highest BCUT2D eigenvalue weighted by molar-refractivity contribution is 5.17. The Kier molecular flexibility index (Phi) is 4.29. The van der Waals surface area contributed by atoms with Crippen LogP contribution in [0.1, 0.15) is 45.6 Å². The molecular weight excluding hydrogens is 239 g/mol. The molecule has 1 aliphatic carbocycles. The van der Waals surface area contributed by atoms with Gasteiger partial charge in [0, 0.05) is 0 Å². The maximum absolute atomic E-state index is 13.2. The Morgan fingerprint density at radius 3 is 2.79 bits per heavy atom. The fraction of sp³-hybridized carbons (Fsp3) is 0.647. The number of halogens is 1.